The van der Waals surface area contributed by atoms with Crippen molar-refractivity contribution in [3.63, 3.8) is 0 Å². The van der Waals surface area contributed by atoms with Gasteiger partial charge in [-0.1, -0.05) is 29.8 Å². The molecule has 1 aromatic carbocycles. The Morgan fingerprint density at radius 1 is 1.26 bits per heavy atom. The number of hydrogen-bond donors (Lipinski definition) is 2. The van der Waals surface area contributed by atoms with E-state index in [2.05, 4.69) is 15.3 Å². The number of fused-ring (bicyclic) bond motifs is 1. The molecule has 2 aromatic heterocycles. The van der Waals surface area contributed by atoms with Crippen LogP contribution in [-0.2, 0) is 17.9 Å². The third-order valence-electron chi connectivity index (χ3n) is 4.82. The van der Waals surface area contributed by atoms with Crippen molar-refractivity contribution < 1.29 is 14.2 Å². The molecule has 3 aromatic rings. The topological polar surface area (TPSA) is 72.2 Å². The number of ether oxygens (including phenoxy) is 1. The molecule has 0 saturated carbocycles. The predicted octanol–water partition coefficient (Wildman–Crippen LogP) is 4.88. The summed E-state index contributed by atoms with van der Waals surface area (Å²) in [6.45, 7) is 1.01. The van der Waals surface area contributed by atoms with Gasteiger partial charge in [-0.3, -0.25) is 0 Å². The smallest absolute Gasteiger partial charge is 0.158 e. The normalized spacial score (nSPS) is 14.0. The quantitative estimate of drug-likeness (QED) is 0.522. The minimum atomic E-state index is -0.298. The van der Waals surface area contributed by atoms with E-state index in [0.717, 1.165) is 22.3 Å². The molecule has 0 radical (unpaired) electrons. The van der Waals surface area contributed by atoms with Crippen molar-refractivity contribution >= 4 is 28.5 Å². The molecule has 0 fully saturated rings. The second-order valence-corrected chi connectivity index (χ2v) is 7.47. The first-order valence-corrected chi connectivity index (χ1v) is 10.3. The first-order chi connectivity index (χ1) is 15.1. The zero-order valence-corrected chi connectivity index (χ0v) is 17.5. The van der Waals surface area contributed by atoms with Gasteiger partial charge in [0.2, 0.25) is 0 Å². The van der Waals surface area contributed by atoms with Crippen molar-refractivity contribution in [2.24, 2.45) is 0 Å². The van der Waals surface area contributed by atoms with Crippen LogP contribution < -0.4 is 5.32 Å². The summed E-state index contributed by atoms with van der Waals surface area (Å²) < 4.78 is 21.2. The summed E-state index contributed by atoms with van der Waals surface area (Å²) in [5, 5.41) is 12.9. The van der Waals surface area contributed by atoms with Crippen molar-refractivity contribution in [1.29, 1.82) is 0 Å². The number of halogens is 2. The SMILES string of the molecule is OCCCn1ccc2ncnc(NC3=CC(Cl)=C(OCc4cccc(F)c4)CC=C3)c21. The van der Waals surface area contributed by atoms with Crippen LogP contribution in [-0.4, -0.2) is 26.2 Å². The molecule has 4 rings (SSSR count). The molecule has 0 unspecified atom stereocenters. The first kappa shape index (κ1) is 21.1. The molecule has 2 heterocycles. The summed E-state index contributed by atoms with van der Waals surface area (Å²) in [6, 6.07) is 8.21. The molecular weight excluding hydrogens is 419 g/mol. The Balaban J connectivity index is 1.54. The van der Waals surface area contributed by atoms with Crippen LogP contribution in [0.15, 0.2) is 77.6 Å². The summed E-state index contributed by atoms with van der Waals surface area (Å²) in [5.74, 6) is 0.962. The van der Waals surface area contributed by atoms with Gasteiger partial charge >= 0.3 is 0 Å². The van der Waals surface area contributed by atoms with Gasteiger partial charge in [0.15, 0.2) is 5.82 Å². The van der Waals surface area contributed by atoms with E-state index in [9.17, 15) is 4.39 Å². The van der Waals surface area contributed by atoms with Crippen LogP contribution >= 0.6 is 11.6 Å². The number of nitrogens with zero attached hydrogens (tertiary/aromatic N) is 3. The Morgan fingerprint density at radius 3 is 3.00 bits per heavy atom. The molecule has 0 spiro atoms. The van der Waals surface area contributed by atoms with Crippen LogP contribution in [0.3, 0.4) is 0 Å². The van der Waals surface area contributed by atoms with Gasteiger partial charge in [0.25, 0.3) is 0 Å². The number of nitrogens with one attached hydrogen (secondary N) is 1. The molecule has 0 aliphatic heterocycles. The van der Waals surface area contributed by atoms with Crippen molar-refractivity contribution in [2.75, 3.05) is 11.9 Å². The maximum Gasteiger partial charge on any atom is 0.158 e. The molecule has 6 nitrogen and oxygen atoms in total. The van der Waals surface area contributed by atoms with Crippen LogP contribution in [0, 0.1) is 5.82 Å². The summed E-state index contributed by atoms with van der Waals surface area (Å²) in [6.07, 6.45) is 10.2. The molecule has 160 valence electrons. The van der Waals surface area contributed by atoms with E-state index in [1.54, 1.807) is 18.2 Å². The highest BCUT2D eigenvalue weighted by Gasteiger charge is 2.13. The lowest BCUT2D eigenvalue weighted by atomic mass is 10.2. The monoisotopic (exact) mass is 440 g/mol. The number of anilines is 1. The highest BCUT2D eigenvalue weighted by atomic mass is 35.5. The molecule has 8 heteroatoms. The predicted molar refractivity (Wildman–Crippen MR) is 119 cm³/mol. The Morgan fingerprint density at radius 2 is 2.16 bits per heavy atom. The van der Waals surface area contributed by atoms with Crippen LogP contribution in [0.4, 0.5) is 10.2 Å². The number of aromatic nitrogens is 3. The molecule has 1 aliphatic rings. The lowest BCUT2D eigenvalue weighted by Crippen LogP contribution is -2.05. The van der Waals surface area contributed by atoms with Crippen LogP contribution in [0.5, 0.6) is 0 Å². The second kappa shape index (κ2) is 9.76. The Kier molecular flexibility index (Phi) is 6.64. The number of allylic oxidation sites excluding steroid dienone is 4. The van der Waals surface area contributed by atoms with E-state index in [4.69, 9.17) is 21.4 Å². The van der Waals surface area contributed by atoms with Crippen molar-refractivity contribution in [1.82, 2.24) is 14.5 Å². The number of hydrogen-bond acceptors (Lipinski definition) is 5. The fourth-order valence-electron chi connectivity index (χ4n) is 3.35. The van der Waals surface area contributed by atoms with Crippen molar-refractivity contribution in [2.45, 2.75) is 26.0 Å². The number of rotatable bonds is 8. The number of aliphatic hydroxyl groups excluding tert-OH is 1. The third-order valence-corrected chi connectivity index (χ3v) is 5.14. The van der Waals surface area contributed by atoms with Gasteiger partial charge < -0.3 is 19.7 Å². The minimum Gasteiger partial charge on any atom is -0.491 e. The standard InChI is InChI=1S/C23H22ClFN4O2/c24-19-13-18(6-2-7-21(19)31-14-16-4-1-5-17(25)12-16)28-23-22-20(26-15-27-23)8-10-29(22)9-3-11-30/h1-2,4-6,8,10,12-13,15,30H,3,7,9,11,14H2,(H,26,27,28). The average molecular weight is 441 g/mol. The lowest BCUT2D eigenvalue weighted by Gasteiger charge is -2.11. The highest BCUT2D eigenvalue weighted by Crippen LogP contribution is 2.26. The average Bonchev–Trinajstić information content (AvgIpc) is 3.10. The molecular formula is C23H22ClFN4O2. The summed E-state index contributed by atoms with van der Waals surface area (Å²) in [4.78, 5) is 8.71. The Hall–Kier alpha value is -3.16. The fourth-order valence-corrected chi connectivity index (χ4v) is 3.60. The molecule has 0 bridgehead atoms. The zero-order valence-electron chi connectivity index (χ0n) is 16.8. The summed E-state index contributed by atoms with van der Waals surface area (Å²) in [5.41, 5.74) is 3.16. The van der Waals surface area contributed by atoms with Crippen LogP contribution in [0.25, 0.3) is 11.0 Å². The Labute approximate surface area is 184 Å². The number of aryl methyl sites for hydroxylation is 1. The van der Waals surface area contributed by atoms with Gasteiger partial charge in [-0.05, 0) is 42.3 Å². The minimum absolute atomic E-state index is 0.114. The van der Waals surface area contributed by atoms with E-state index >= 15 is 0 Å². The highest BCUT2D eigenvalue weighted by molar-refractivity contribution is 6.31. The van der Waals surface area contributed by atoms with E-state index in [1.165, 1.54) is 18.5 Å². The fraction of sp³-hybridized carbons (Fsp3) is 0.217. The molecule has 0 atom stereocenters. The van der Waals surface area contributed by atoms with Crippen molar-refractivity contribution in [3.8, 4) is 0 Å². The maximum absolute atomic E-state index is 13.4. The largest absolute Gasteiger partial charge is 0.491 e. The van der Waals surface area contributed by atoms with Gasteiger partial charge in [-0.25, -0.2) is 14.4 Å². The van der Waals surface area contributed by atoms with Crippen LogP contribution in [0.2, 0.25) is 0 Å². The van der Waals surface area contributed by atoms with E-state index in [0.29, 0.717) is 36.0 Å². The van der Waals surface area contributed by atoms with Gasteiger partial charge in [0.1, 0.15) is 30.0 Å². The Bertz CT molecular complexity index is 1170. The van der Waals surface area contributed by atoms with Gasteiger partial charge in [-0.2, -0.15) is 0 Å². The van der Waals surface area contributed by atoms with Gasteiger partial charge in [-0.15, -0.1) is 0 Å². The second-order valence-electron chi connectivity index (χ2n) is 7.06. The first-order valence-electron chi connectivity index (χ1n) is 9.96. The van der Waals surface area contributed by atoms with Gasteiger partial charge in [0.05, 0.1) is 10.5 Å². The third kappa shape index (κ3) is 5.13. The lowest BCUT2D eigenvalue weighted by molar-refractivity contribution is 0.193. The zero-order chi connectivity index (χ0) is 21.6. The van der Waals surface area contributed by atoms with E-state index < -0.39 is 0 Å². The molecule has 2 N–H and O–H groups in total. The molecule has 31 heavy (non-hydrogen) atoms. The summed E-state index contributed by atoms with van der Waals surface area (Å²) in [7, 11) is 0. The van der Waals surface area contributed by atoms with E-state index in [1.807, 2.05) is 29.0 Å². The molecule has 1 aliphatic carbocycles. The number of benzene rings is 1. The molecule has 0 saturated heterocycles. The molecule has 0 amide bonds. The van der Waals surface area contributed by atoms with Crippen LogP contribution in [0.1, 0.15) is 18.4 Å². The van der Waals surface area contributed by atoms with Crippen molar-refractivity contribution in [3.05, 3.63) is 89.0 Å². The van der Waals surface area contributed by atoms with E-state index in [-0.39, 0.29) is 19.0 Å². The van der Waals surface area contributed by atoms with Gasteiger partial charge in [0, 0.05) is 31.5 Å². The maximum atomic E-state index is 13.4. The number of aliphatic hydroxyl groups is 1. The summed E-state index contributed by atoms with van der Waals surface area (Å²) >= 11 is 6.50.